The van der Waals surface area contributed by atoms with Crippen molar-refractivity contribution in [2.24, 2.45) is 0 Å². The Hall–Kier alpha value is -7.37. The van der Waals surface area contributed by atoms with Crippen LogP contribution in [0.5, 0.6) is 0 Å². The van der Waals surface area contributed by atoms with Gasteiger partial charge >= 0.3 is 0 Å². The minimum atomic E-state index is 0.594. The number of allylic oxidation sites excluding steroid dienone is 3. The Balaban J connectivity index is 1.15. The summed E-state index contributed by atoms with van der Waals surface area (Å²) < 4.78 is 0. The second kappa shape index (κ2) is 15.0. The molecule has 0 saturated heterocycles. The first-order chi connectivity index (χ1) is 27.9. The first-order valence-electron chi connectivity index (χ1n) is 19.1. The van der Waals surface area contributed by atoms with E-state index in [0.29, 0.717) is 17.5 Å². The topological polar surface area (TPSA) is 64.5 Å². The molecular weight excluding hydrogens is 695 g/mol. The second-order valence-corrected chi connectivity index (χ2v) is 14.3. The largest absolute Gasteiger partial charge is 0.256 e. The van der Waals surface area contributed by atoms with Crippen molar-refractivity contribution in [2.75, 3.05) is 0 Å². The highest BCUT2D eigenvalue weighted by Crippen LogP contribution is 2.33. The van der Waals surface area contributed by atoms with Gasteiger partial charge in [0.05, 0.1) is 11.0 Å². The van der Waals surface area contributed by atoms with Crippen LogP contribution in [0, 0.1) is 13.8 Å². The molecule has 0 N–H and O–H groups in total. The number of hydrogen-bond donors (Lipinski definition) is 0. The van der Waals surface area contributed by atoms with Crippen LogP contribution in [0.2, 0.25) is 0 Å². The van der Waals surface area contributed by atoms with Crippen LogP contribution in [0.1, 0.15) is 40.3 Å². The Morgan fingerprint density at radius 3 is 1.72 bits per heavy atom. The Morgan fingerprint density at radius 1 is 0.509 bits per heavy atom. The van der Waals surface area contributed by atoms with Gasteiger partial charge in [-0.3, -0.25) is 9.97 Å². The van der Waals surface area contributed by atoms with Crippen molar-refractivity contribution in [1.29, 1.82) is 0 Å². The van der Waals surface area contributed by atoms with Crippen molar-refractivity contribution >= 4 is 55.9 Å². The van der Waals surface area contributed by atoms with Crippen molar-refractivity contribution in [3.05, 3.63) is 198 Å². The lowest BCUT2D eigenvalue weighted by molar-refractivity contribution is 1.08. The molecule has 0 amide bonds. The summed E-state index contributed by atoms with van der Waals surface area (Å²) in [5.74, 6) is 1.82. The molecule has 5 heteroatoms. The number of rotatable bonds is 8. The van der Waals surface area contributed by atoms with Gasteiger partial charge in [-0.2, -0.15) is 0 Å². The van der Waals surface area contributed by atoms with Crippen LogP contribution in [0.3, 0.4) is 0 Å². The monoisotopic (exact) mass is 733 g/mol. The molecule has 0 aliphatic rings. The molecule has 0 saturated carbocycles. The molecular formula is C52H39N5. The number of aromatic nitrogens is 5. The van der Waals surface area contributed by atoms with Crippen molar-refractivity contribution in [1.82, 2.24) is 24.9 Å². The van der Waals surface area contributed by atoms with Crippen molar-refractivity contribution in [2.45, 2.75) is 20.8 Å². The van der Waals surface area contributed by atoms with Gasteiger partial charge in [-0.15, -0.1) is 0 Å². The number of nitrogens with zero attached hydrogens (tertiary/aromatic N) is 5. The van der Waals surface area contributed by atoms with Gasteiger partial charge in [0.2, 0.25) is 0 Å². The normalized spacial score (nSPS) is 12.1. The lowest BCUT2D eigenvalue weighted by Crippen LogP contribution is -2.01. The van der Waals surface area contributed by atoms with Gasteiger partial charge in [-0.05, 0) is 106 Å². The Bertz CT molecular complexity index is 3080. The van der Waals surface area contributed by atoms with Gasteiger partial charge in [-0.25, -0.2) is 15.0 Å². The van der Waals surface area contributed by atoms with Crippen molar-refractivity contribution in [3.8, 4) is 34.2 Å². The maximum absolute atomic E-state index is 5.17. The van der Waals surface area contributed by atoms with Gasteiger partial charge in [0.25, 0.3) is 0 Å². The van der Waals surface area contributed by atoms with E-state index in [9.17, 15) is 0 Å². The zero-order valence-electron chi connectivity index (χ0n) is 32.1. The SMILES string of the molecule is C=C/C(=C\c1ccc2cccnc2c1C)c1cccc(-c2nc(-c3cccc(/C(C)=C/c4ccc5cccnc5c4C)c3)nc(-c3cccc4ccccc34)n2)c1. The fourth-order valence-electron chi connectivity index (χ4n) is 7.59. The molecule has 0 spiro atoms. The predicted octanol–water partition coefficient (Wildman–Crippen LogP) is 13.0. The molecule has 57 heavy (non-hydrogen) atoms. The fraction of sp³-hybridized carbons (Fsp3) is 0.0577. The number of fused-ring (bicyclic) bond motifs is 3. The predicted molar refractivity (Wildman–Crippen MR) is 238 cm³/mol. The third-order valence-electron chi connectivity index (χ3n) is 10.7. The van der Waals surface area contributed by atoms with Crippen LogP contribution >= 0.6 is 0 Å². The summed E-state index contributed by atoms with van der Waals surface area (Å²) in [6.07, 6.45) is 10.0. The van der Waals surface area contributed by atoms with Gasteiger partial charge < -0.3 is 0 Å². The summed E-state index contributed by atoms with van der Waals surface area (Å²) in [5.41, 5.74) is 13.5. The van der Waals surface area contributed by atoms with Crippen LogP contribution in [0.25, 0.3) is 90.0 Å². The lowest BCUT2D eigenvalue weighted by Gasteiger charge is -2.12. The van der Waals surface area contributed by atoms with E-state index in [1.54, 1.807) is 0 Å². The highest BCUT2D eigenvalue weighted by Gasteiger charge is 2.16. The van der Waals surface area contributed by atoms with Crippen molar-refractivity contribution < 1.29 is 0 Å². The summed E-state index contributed by atoms with van der Waals surface area (Å²) in [6, 6.07) is 48.1. The molecule has 9 rings (SSSR count). The molecule has 3 heterocycles. The average molecular weight is 734 g/mol. The van der Waals surface area contributed by atoms with Crippen LogP contribution in [0.4, 0.5) is 0 Å². The van der Waals surface area contributed by atoms with E-state index in [2.05, 4.69) is 177 Å². The lowest BCUT2D eigenvalue weighted by atomic mass is 9.97. The van der Waals surface area contributed by atoms with Crippen LogP contribution < -0.4 is 0 Å². The quantitative estimate of drug-likeness (QED) is 0.115. The zero-order valence-corrected chi connectivity index (χ0v) is 32.1. The van der Waals surface area contributed by atoms with E-state index in [-0.39, 0.29) is 0 Å². The molecule has 6 aromatic carbocycles. The molecule has 3 aromatic heterocycles. The highest BCUT2D eigenvalue weighted by molar-refractivity contribution is 5.96. The Kier molecular flexibility index (Phi) is 9.33. The first-order valence-corrected chi connectivity index (χ1v) is 19.1. The van der Waals surface area contributed by atoms with Crippen LogP contribution in [0.15, 0.2) is 165 Å². The molecule has 0 fully saturated rings. The van der Waals surface area contributed by atoms with E-state index in [1.165, 1.54) is 0 Å². The molecule has 5 nitrogen and oxygen atoms in total. The second-order valence-electron chi connectivity index (χ2n) is 14.3. The van der Waals surface area contributed by atoms with Crippen molar-refractivity contribution in [3.63, 3.8) is 0 Å². The van der Waals surface area contributed by atoms with Gasteiger partial charge in [0.15, 0.2) is 17.5 Å². The maximum Gasteiger partial charge on any atom is 0.164 e. The van der Waals surface area contributed by atoms with E-state index >= 15 is 0 Å². The smallest absolute Gasteiger partial charge is 0.164 e. The summed E-state index contributed by atoms with van der Waals surface area (Å²) in [5, 5.41) is 4.47. The molecule has 272 valence electrons. The maximum atomic E-state index is 5.17. The van der Waals surface area contributed by atoms with Gasteiger partial charge in [0, 0.05) is 39.9 Å². The van der Waals surface area contributed by atoms with Crippen LogP contribution in [-0.4, -0.2) is 24.9 Å². The third-order valence-corrected chi connectivity index (χ3v) is 10.7. The molecule has 0 atom stereocenters. The molecule has 0 aliphatic heterocycles. The summed E-state index contributed by atoms with van der Waals surface area (Å²) in [6.45, 7) is 10.6. The summed E-state index contributed by atoms with van der Waals surface area (Å²) in [7, 11) is 0. The Morgan fingerprint density at radius 2 is 1.05 bits per heavy atom. The molecule has 0 bridgehead atoms. The van der Waals surface area contributed by atoms with Crippen LogP contribution in [-0.2, 0) is 0 Å². The molecule has 0 unspecified atom stereocenters. The summed E-state index contributed by atoms with van der Waals surface area (Å²) >= 11 is 0. The average Bonchev–Trinajstić information content (AvgIpc) is 3.27. The minimum Gasteiger partial charge on any atom is -0.256 e. The van der Waals surface area contributed by atoms with Gasteiger partial charge in [0.1, 0.15) is 0 Å². The molecule has 0 aliphatic carbocycles. The first kappa shape index (κ1) is 35.3. The highest BCUT2D eigenvalue weighted by atomic mass is 15.0. The Labute approximate surface area is 332 Å². The number of aryl methyl sites for hydroxylation is 2. The zero-order chi connectivity index (χ0) is 38.9. The van der Waals surface area contributed by atoms with E-state index in [1.807, 2.05) is 30.6 Å². The minimum absolute atomic E-state index is 0.594. The van der Waals surface area contributed by atoms with Gasteiger partial charge in [-0.1, -0.05) is 134 Å². The molecule has 9 aromatic rings. The fourth-order valence-corrected chi connectivity index (χ4v) is 7.59. The number of benzene rings is 6. The molecule has 0 radical (unpaired) electrons. The standard InChI is InChI=1S/C52H39N5/c1-5-36(30-42-26-24-39-20-12-28-54-49(39)35(42)4)43-16-9-18-45(32-43)51-55-50(56-52(57-51)47-22-10-14-37-13-6-7-21-46(37)47)44-17-8-15-40(31-44)33(2)29-41-25-23-38-19-11-27-53-48(38)34(41)3/h5-32H,1H2,2-4H3/b33-29+,36-30+. The number of pyridine rings is 2. The third kappa shape index (κ3) is 6.92. The van der Waals surface area contributed by atoms with E-state index in [0.717, 1.165) is 93.8 Å². The van der Waals surface area contributed by atoms with E-state index in [4.69, 9.17) is 15.0 Å². The number of hydrogen-bond acceptors (Lipinski definition) is 5. The van der Waals surface area contributed by atoms with E-state index < -0.39 is 0 Å². The summed E-state index contributed by atoms with van der Waals surface area (Å²) in [4.78, 5) is 24.8.